The molecule has 0 radical (unpaired) electrons. The van der Waals surface area contributed by atoms with E-state index in [1.54, 1.807) is 0 Å². The van der Waals surface area contributed by atoms with Crippen molar-refractivity contribution in [2.24, 2.45) is 0 Å². The van der Waals surface area contributed by atoms with Crippen molar-refractivity contribution in [1.82, 2.24) is 0 Å². The van der Waals surface area contributed by atoms with Crippen molar-refractivity contribution in [3.8, 4) is 0 Å². The summed E-state index contributed by atoms with van der Waals surface area (Å²) in [7, 11) is 1.46. The van der Waals surface area contributed by atoms with Crippen LogP contribution in [0.25, 0.3) is 0 Å². The molecule has 0 aliphatic heterocycles. The second kappa shape index (κ2) is 5.12. The SMILES string of the molecule is COCCC(=O)c1ccc(C(F)(F)F)cc1. The maximum absolute atomic E-state index is 12.2. The number of ketones is 1. The van der Waals surface area contributed by atoms with Crippen LogP contribution in [-0.4, -0.2) is 19.5 Å². The number of halogens is 3. The van der Waals surface area contributed by atoms with Gasteiger partial charge in [0.2, 0.25) is 0 Å². The Morgan fingerprint density at radius 2 is 1.81 bits per heavy atom. The minimum Gasteiger partial charge on any atom is -0.384 e. The standard InChI is InChI=1S/C11H11F3O2/c1-16-7-6-10(15)8-2-4-9(5-3-8)11(12,13)14/h2-5H,6-7H2,1H3. The molecule has 88 valence electrons. The number of benzene rings is 1. The van der Waals surface area contributed by atoms with E-state index in [1.807, 2.05) is 0 Å². The molecule has 0 aliphatic rings. The highest BCUT2D eigenvalue weighted by Crippen LogP contribution is 2.29. The van der Waals surface area contributed by atoms with Gasteiger partial charge < -0.3 is 4.74 Å². The zero-order valence-corrected chi connectivity index (χ0v) is 8.67. The lowest BCUT2D eigenvalue weighted by Crippen LogP contribution is -2.07. The van der Waals surface area contributed by atoms with E-state index in [2.05, 4.69) is 0 Å². The van der Waals surface area contributed by atoms with Crippen LogP contribution in [0.1, 0.15) is 22.3 Å². The number of alkyl halides is 3. The van der Waals surface area contributed by atoms with Crippen LogP contribution in [0.3, 0.4) is 0 Å². The molecule has 1 aromatic carbocycles. The van der Waals surface area contributed by atoms with E-state index >= 15 is 0 Å². The van der Waals surface area contributed by atoms with Crippen LogP contribution in [-0.2, 0) is 10.9 Å². The third-order valence-corrected chi connectivity index (χ3v) is 2.07. The molecule has 0 spiro atoms. The van der Waals surface area contributed by atoms with Gasteiger partial charge in [-0.3, -0.25) is 4.79 Å². The highest BCUT2D eigenvalue weighted by atomic mass is 19.4. The van der Waals surface area contributed by atoms with Gasteiger partial charge in [0, 0.05) is 19.1 Å². The van der Waals surface area contributed by atoms with Gasteiger partial charge in [0.05, 0.1) is 12.2 Å². The third kappa shape index (κ3) is 3.34. The number of carbonyl (C=O) groups is 1. The van der Waals surface area contributed by atoms with Crippen LogP contribution < -0.4 is 0 Å². The zero-order valence-electron chi connectivity index (χ0n) is 8.67. The van der Waals surface area contributed by atoms with Crippen LogP contribution >= 0.6 is 0 Å². The smallest absolute Gasteiger partial charge is 0.384 e. The lowest BCUT2D eigenvalue weighted by Gasteiger charge is -2.07. The highest BCUT2D eigenvalue weighted by molar-refractivity contribution is 5.96. The highest BCUT2D eigenvalue weighted by Gasteiger charge is 2.30. The van der Waals surface area contributed by atoms with Gasteiger partial charge in [-0.15, -0.1) is 0 Å². The van der Waals surface area contributed by atoms with E-state index in [9.17, 15) is 18.0 Å². The largest absolute Gasteiger partial charge is 0.416 e. The molecule has 5 heteroatoms. The molecule has 0 heterocycles. The lowest BCUT2D eigenvalue weighted by molar-refractivity contribution is -0.137. The number of hydrogen-bond acceptors (Lipinski definition) is 2. The summed E-state index contributed by atoms with van der Waals surface area (Å²) < 4.78 is 41.4. The molecule has 0 atom stereocenters. The van der Waals surface area contributed by atoms with Crippen LogP contribution in [0.2, 0.25) is 0 Å². The summed E-state index contributed by atoms with van der Waals surface area (Å²) in [5, 5.41) is 0. The zero-order chi connectivity index (χ0) is 12.2. The molecule has 0 unspecified atom stereocenters. The molecule has 1 aromatic rings. The topological polar surface area (TPSA) is 26.3 Å². The minimum atomic E-state index is -4.37. The fraction of sp³-hybridized carbons (Fsp3) is 0.364. The van der Waals surface area contributed by atoms with Gasteiger partial charge in [0.1, 0.15) is 0 Å². The minimum absolute atomic E-state index is 0.169. The molecule has 0 saturated heterocycles. The average Bonchev–Trinajstić information content (AvgIpc) is 2.25. The molecule has 0 aliphatic carbocycles. The predicted octanol–water partition coefficient (Wildman–Crippen LogP) is 2.92. The van der Waals surface area contributed by atoms with E-state index < -0.39 is 11.7 Å². The predicted molar refractivity (Wildman–Crippen MR) is 52.3 cm³/mol. The maximum Gasteiger partial charge on any atom is 0.416 e. The normalized spacial score (nSPS) is 11.5. The molecule has 16 heavy (non-hydrogen) atoms. The number of carbonyl (C=O) groups excluding carboxylic acids is 1. The summed E-state index contributed by atoms with van der Waals surface area (Å²) >= 11 is 0. The number of Topliss-reactive ketones (excluding diaryl/α,β-unsaturated/α-hetero) is 1. The Kier molecular flexibility index (Phi) is 4.06. The number of methoxy groups -OCH3 is 1. The molecule has 0 aromatic heterocycles. The maximum atomic E-state index is 12.2. The number of hydrogen-bond donors (Lipinski definition) is 0. The summed E-state index contributed by atoms with van der Waals surface area (Å²) in [6, 6.07) is 4.17. The van der Waals surface area contributed by atoms with Gasteiger partial charge in [0.15, 0.2) is 5.78 Å². The molecular formula is C11H11F3O2. The second-order valence-electron chi connectivity index (χ2n) is 3.24. The van der Waals surface area contributed by atoms with E-state index in [0.717, 1.165) is 12.1 Å². The van der Waals surface area contributed by atoms with Crippen LogP contribution in [0.5, 0.6) is 0 Å². The Hall–Kier alpha value is -1.36. The first-order chi connectivity index (χ1) is 7.45. The fourth-order valence-corrected chi connectivity index (χ4v) is 1.18. The first-order valence-corrected chi connectivity index (χ1v) is 4.64. The molecule has 0 bridgehead atoms. The summed E-state index contributed by atoms with van der Waals surface area (Å²) in [5.41, 5.74) is -0.485. The number of rotatable bonds is 4. The van der Waals surface area contributed by atoms with Gasteiger partial charge in [-0.2, -0.15) is 13.2 Å². The Balaban J connectivity index is 2.75. The molecular weight excluding hydrogens is 221 g/mol. The van der Waals surface area contributed by atoms with Crippen molar-refractivity contribution in [3.05, 3.63) is 35.4 Å². The molecule has 0 N–H and O–H groups in total. The quantitative estimate of drug-likeness (QED) is 0.746. The molecule has 0 amide bonds. The van der Waals surface area contributed by atoms with Crippen LogP contribution in [0, 0.1) is 0 Å². The Morgan fingerprint density at radius 1 is 1.25 bits per heavy atom. The summed E-state index contributed by atoms with van der Waals surface area (Å²) in [6.07, 6.45) is -4.20. The summed E-state index contributed by atoms with van der Waals surface area (Å²) in [4.78, 5) is 11.4. The lowest BCUT2D eigenvalue weighted by atomic mass is 10.1. The Bertz CT molecular complexity index is 354. The van der Waals surface area contributed by atoms with E-state index in [-0.39, 0.29) is 24.4 Å². The van der Waals surface area contributed by atoms with Gasteiger partial charge in [0.25, 0.3) is 0 Å². The van der Waals surface area contributed by atoms with Gasteiger partial charge in [-0.1, -0.05) is 12.1 Å². The monoisotopic (exact) mass is 232 g/mol. The van der Waals surface area contributed by atoms with Gasteiger partial charge in [-0.05, 0) is 12.1 Å². The van der Waals surface area contributed by atoms with Gasteiger partial charge >= 0.3 is 6.18 Å². The van der Waals surface area contributed by atoms with Crippen molar-refractivity contribution in [1.29, 1.82) is 0 Å². The molecule has 2 nitrogen and oxygen atoms in total. The van der Waals surface area contributed by atoms with Crippen molar-refractivity contribution in [3.63, 3.8) is 0 Å². The van der Waals surface area contributed by atoms with Crippen molar-refractivity contribution in [2.45, 2.75) is 12.6 Å². The Labute approximate surface area is 91.0 Å². The van der Waals surface area contributed by atoms with Crippen molar-refractivity contribution < 1.29 is 22.7 Å². The summed E-state index contributed by atoms with van der Waals surface area (Å²) in [5.74, 6) is -0.226. The van der Waals surface area contributed by atoms with Crippen molar-refractivity contribution in [2.75, 3.05) is 13.7 Å². The second-order valence-corrected chi connectivity index (χ2v) is 3.24. The van der Waals surface area contributed by atoms with Gasteiger partial charge in [-0.25, -0.2) is 0 Å². The van der Waals surface area contributed by atoms with E-state index in [0.29, 0.717) is 0 Å². The summed E-state index contributed by atoms with van der Waals surface area (Å²) in [6.45, 7) is 0.264. The average molecular weight is 232 g/mol. The third-order valence-electron chi connectivity index (χ3n) is 2.07. The molecule has 1 rings (SSSR count). The first-order valence-electron chi connectivity index (χ1n) is 4.64. The van der Waals surface area contributed by atoms with E-state index in [1.165, 1.54) is 19.2 Å². The first kappa shape index (κ1) is 12.7. The van der Waals surface area contributed by atoms with Crippen LogP contribution in [0.15, 0.2) is 24.3 Å². The van der Waals surface area contributed by atoms with Crippen molar-refractivity contribution >= 4 is 5.78 Å². The fourth-order valence-electron chi connectivity index (χ4n) is 1.18. The number of ether oxygens (including phenoxy) is 1. The Morgan fingerprint density at radius 3 is 2.25 bits per heavy atom. The van der Waals surface area contributed by atoms with E-state index in [4.69, 9.17) is 4.74 Å². The molecule has 0 saturated carbocycles. The molecule has 0 fully saturated rings. The van der Waals surface area contributed by atoms with Crippen LogP contribution in [0.4, 0.5) is 13.2 Å².